The Hall–Kier alpha value is -1.13. The van der Waals surface area contributed by atoms with Crippen molar-refractivity contribution in [1.82, 2.24) is 0 Å². The van der Waals surface area contributed by atoms with E-state index in [1.165, 1.54) is 25.7 Å². The first kappa shape index (κ1) is 18.2. The SMILES string of the molecule is COCOC[C@]1(C)CCC[C@@]2(C)[C@@H]3CC4OC(=O)C(C)=C4C=C3CC[C@H]12. The molecule has 4 aliphatic rings. The van der Waals surface area contributed by atoms with Crippen LogP contribution < -0.4 is 0 Å². The second-order valence-electron chi connectivity index (χ2n) is 9.34. The van der Waals surface area contributed by atoms with Gasteiger partial charge >= 0.3 is 5.97 Å². The van der Waals surface area contributed by atoms with Crippen molar-refractivity contribution in [3.8, 4) is 0 Å². The summed E-state index contributed by atoms with van der Waals surface area (Å²) in [4.78, 5) is 12.0. The highest BCUT2D eigenvalue weighted by Crippen LogP contribution is 2.63. The molecule has 0 spiro atoms. The van der Waals surface area contributed by atoms with Crippen LogP contribution in [0.2, 0.25) is 0 Å². The topological polar surface area (TPSA) is 44.8 Å². The monoisotopic (exact) mass is 360 g/mol. The van der Waals surface area contributed by atoms with Gasteiger partial charge in [0.2, 0.25) is 0 Å². The fourth-order valence-corrected chi connectivity index (χ4v) is 6.58. The Kier molecular flexibility index (Phi) is 4.55. The molecule has 0 saturated heterocycles. The predicted octanol–water partition coefficient (Wildman–Crippen LogP) is 4.40. The van der Waals surface area contributed by atoms with Crippen molar-refractivity contribution in [2.75, 3.05) is 20.5 Å². The van der Waals surface area contributed by atoms with Crippen molar-refractivity contribution in [3.63, 3.8) is 0 Å². The van der Waals surface area contributed by atoms with Gasteiger partial charge in [0.05, 0.1) is 6.61 Å². The molecule has 0 amide bonds. The zero-order valence-electron chi connectivity index (χ0n) is 16.6. The van der Waals surface area contributed by atoms with Crippen LogP contribution in [0.3, 0.4) is 0 Å². The van der Waals surface area contributed by atoms with Crippen LogP contribution in [0.25, 0.3) is 0 Å². The Morgan fingerprint density at radius 2 is 2.12 bits per heavy atom. The van der Waals surface area contributed by atoms with E-state index in [0.717, 1.165) is 30.6 Å². The van der Waals surface area contributed by atoms with Gasteiger partial charge in [-0.25, -0.2) is 4.79 Å². The lowest BCUT2D eigenvalue weighted by Gasteiger charge is -2.59. The van der Waals surface area contributed by atoms with Crippen LogP contribution in [0.5, 0.6) is 0 Å². The molecule has 2 fully saturated rings. The molecule has 2 saturated carbocycles. The third-order valence-corrected chi connectivity index (χ3v) is 7.82. The Bertz CT molecular complexity index is 663. The summed E-state index contributed by atoms with van der Waals surface area (Å²) in [6, 6.07) is 0. The molecule has 3 aliphatic carbocycles. The summed E-state index contributed by atoms with van der Waals surface area (Å²) in [6.07, 6.45) is 9.35. The summed E-state index contributed by atoms with van der Waals surface area (Å²) in [5, 5.41) is 0. The number of carbonyl (C=O) groups excluding carboxylic acids is 1. The summed E-state index contributed by atoms with van der Waals surface area (Å²) in [5.41, 5.74) is 3.98. The van der Waals surface area contributed by atoms with Gasteiger partial charge in [-0.3, -0.25) is 0 Å². The van der Waals surface area contributed by atoms with Crippen LogP contribution in [-0.4, -0.2) is 32.6 Å². The highest BCUT2D eigenvalue weighted by Gasteiger charge is 2.56. The number of allylic oxidation sites excluding steroid dienone is 1. The van der Waals surface area contributed by atoms with Crippen molar-refractivity contribution in [2.24, 2.45) is 22.7 Å². The third-order valence-electron chi connectivity index (χ3n) is 7.82. The molecule has 0 radical (unpaired) electrons. The summed E-state index contributed by atoms with van der Waals surface area (Å²) in [5.74, 6) is 1.05. The van der Waals surface area contributed by atoms with Crippen LogP contribution >= 0.6 is 0 Å². The van der Waals surface area contributed by atoms with E-state index in [9.17, 15) is 4.79 Å². The maximum absolute atomic E-state index is 12.0. The first-order valence-corrected chi connectivity index (χ1v) is 10.1. The normalized spacial score (nSPS) is 41.9. The van der Waals surface area contributed by atoms with Gasteiger partial charge in [0.15, 0.2) is 0 Å². The third kappa shape index (κ3) is 2.68. The summed E-state index contributed by atoms with van der Waals surface area (Å²) in [7, 11) is 1.68. The number of rotatable bonds is 4. The van der Waals surface area contributed by atoms with Crippen LogP contribution in [0.1, 0.15) is 59.3 Å². The van der Waals surface area contributed by atoms with Crippen molar-refractivity contribution in [1.29, 1.82) is 0 Å². The van der Waals surface area contributed by atoms with E-state index in [0.29, 0.717) is 18.6 Å². The highest BCUT2D eigenvalue weighted by atomic mass is 16.7. The molecule has 4 nitrogen and oxygen atoms in total. The van der Waals surface area contributed by atoms with Crippen LogP contribution in [0, 0.1) is 22.7 Å². The van der Waals surface area contributed by atoms with Gasteiger partial charge in [-0.15, -0.1) is 0 Å². The molecule has 0 aromatic rings. The van der Waals surface area contributed by atoms with Crippen molar-refractivity contribution in [2.45, 2.75) is 65.4 Å². The molecule has 26 heavy (non-hydrogen) atoms. The largest absolute Gasteiger partial charge is 0.454 e. The van der Waals surface area contributed by atoms with Gasteiger partial charge in [-0.05, 0) is 61.7 Å². The Morgan fingerprint density at radius 3 is 2.88 bits per heavy atom. The van der Waals surface area contributed by atoms with E-state index in [1.807, 2.05) is 6.92 Å². The fraction of sp³-hybridized carbons (Fsp3) is 0.773. The average molecular weight is 360 g/mol. The van der Waals surface area contributed by atoms with E-state index in [2.05, 4.69) is 19.9 Å². The quantitative estimate of drug-likeness (QED) is 0.423. The Balaban J connectivity index is 1.62. The Morgan fingerprint density at radius 1 is 1.31 bits per heavy atom. The molecule has 1 heterocycles. The van der Waals surface area contributed by atoms with Crippen molar-refractivity contribution < 1.29 is 19.0 Å². The zero-order chi connectivity index (χ0) is 18.5. The fourth-order valence-electron chi connectivity index (χ4n) is 6.58. The molecule has 4 heteroatoms. The molecule has 0 aromatic carbocycles. The van der Waals surface area contributed by atoms with Gasteiger partial charge in [0, 0.05) is 18.3 Å². The van der Waals surface area contributed by atoms with Gasteiger partial charge < -0.3 is 14.2 Å². The lowest BCUT2D eigenvalue weighted by atomic mass is 9.46. The van der Waals surface area contributed by atoms with Crippen LogP contribution in [-0.2, 0) is 19.0 Å². The van der Waals surface area contributed by atoms with Gasteiger partial charge in [-0.2, -0.15) is 0 Å². The smallest absolute Gasteiger partial charge is 0.334 e. The lowest BCUT2D eigenvalue weighted by Crippen LogP contribution is -2.53. The summed E-state index contributed by atoms with van der Waals surface area (Å²) >= 11 is 0. The first-order valence-electron chi connectivity index (χ1n) is 10.1. The molecule has 0 aromatic heterocycles. The maximum Gasteiger partial charge on any atom is 0.334 e. The second-order valence-corrected chi connectivity index (χ2v) is 9.34. The van der Waals surface area contributed by atoms with E-state index in [1.54, 1.807) is 12.7 Å². The number of carbonyl (C=O) groups is 1. The molecule has 0 N–H and O–H groups in total. The number of hydrogen-bond acceptors (Lipinski definition) is 4. The van der Waals surface area contributed by atoms with Crippen molar-refractivity contribution >= 4 is 5.97 Å². The van der Waals surface area contributed by atoms with Gasteiger partial charge in [0.1, 0.15) is 12.9 Å². The zero-order valence-corrected chi connectivity index (χ0v) is 16.6. The van der Waals surface area contributed by atoms with E-state index < -0.39 is 0 Å². The summed E-state index contributed by atoms with van der Waals surface area (Å²) < 4.78 is 16.6. The summed E-state index contributed by atoms with van der Waals surface area (Å²) in [6.45, 7) is 7.95. The van der Waals surface area contributed by atoms with Crippen LogP contribution in [0.4, 0.5) is 0 Å². The maximum atomic E-state index is 12.0. The highest BCUT2D eigenvalue weighted by molar-refractivity contribution is 5.92. The van der Waals surface area contributed by atoms with Gasteiger partial charge in [0.25, 0.3) is 0 Å². The second kappa shape index (κ2) is 6.49. The van der Waals surface area contributed by atoms with Crippen molar-refractivity contribution in [3.05, 3.63) is 22.8 Å². The number of hydrogen-bond donors (Lipinski definition) is 0. The minimum absolute atomic E-state index is 0.0234. The minimum Gasteiger partial charge on any atom is -0.454 e. The molecule has 0 bridgehead atoms. The average Bonchev–Trinajstić information content (AvgIpc) is 2.88. The standard InChI is InChI=1S/C22H32O4/c1-14-16-10-15-6-7-19-21(2,12-25-13-24-4)8-5-9-22(19,3)17(15)11-18(16)26-20(14)23/h10,17-19H,5-9,11-13H2,1-4H3/t17-,18?,19-,21+,22+/m1/s1. The Labute approximate surface area is 157 Å². The molecular weight excluding hydrogens is 328 g/mol. The van der Waals surface area contributed by atoms with E-state index in [4.69, 9.17) is 14.2 Å². The molecular formula is C22H32O4. The number of fused-ring (bicyclic) bond motifs is 4. The first-order chi connectivity index (χ1) is 12.4. The molecule has 1 aliphatic heterocycles. The molecule has 1 unspecified atom stereocenters. The predicted molar refractivity (Wildman–Crippen MR) is 99.4 cm³/mol. The van der Waals surface area contributed by atoms with E-state index >= 15 is 0 Å². The van der Waals surface area contributed by atoms with Gasteiger partial charge in [-0.1, -0.05) is 31.9 Å². The van der Waals surface area contributed by atoms with E-state index in [-0.39, 0.29) is 22.9 Å². The molecule has 5 atom stereocenters. The number of ether oxygens (including phenoxy) is 3. The van der Waals surface area contributed by atoms with Crippen LogP contribution in [0.15, 0.2) is 22.8 Å². The number of esters is 1. The number of methoxy groups -OCH3 is 1. The lowest BCUT2D eigenvalue weighted by molar-refractivity contribution is -0.144. The molecule has 144 valence electrons. The minimum atomic E-state index is -0.122. The molecule has 4 rings (SSSR count).